The average molecular weight is 455 g/mol. The van der Waals surface area contributed by atoms with E-state index in [1.807, 2.05) is 69.3 Å². The average Bonchev–Trinajstić information content (AvgIpc) is 3.27. The van der Waals surface area contributed by atoms with E-state index in [0.717, 1.165) is 16.9 Å². The number of hydrogen-bond donors (Lipinski definition) is 0. The van der Waals surface area contributed by atoms with E-state index < -0.39 is 40.6 Å². The Bertz CT molecular complexity index is 1050. The lowest BCUT2D eigenvalue weighted by molar-refractivity contribution is -0.152. The topological polar surface area (TPSA) is 61.8 Å². The highest BCUT2D eigenvalue weighted by Crippen LogP contribution is 2.60. The summed E-state index contributed by atoms with van der Waals surface area (Å²) in [5.74, 6) is -2.01. The molecule has 0 aliphatic heterocycles. The van der Waals surface area contributed by atoms with Gasteiger partial charge in [0.25, 0.3) is 0 Å². The van der Waals surface area contributed by atoms with Crippen molar-refractivity contribution in [3.05, 3.63) is 71.6 Å². The van der Waals surface area contributed by atoms with Gasteiger partial charge < -0.3 is 14.2 Å². The van der Waals surface area contributed by atoms with Gasteiger partial charge in [0.05, 0.1) is 5.92 Å². The first-order valence-electron chi connectivity index (χ1n) is 11.0. The van der Waals surface area contributed by atoms with Crippen LogP contribution in [0.2, 0.25) is 0 Å². The van der Waals surface area contributed by atoms with Crippen molar-refractivity contribution in [2.45, 2.75) is 53.8 Å². The van der Waals surface area contributed by atoms with E-state index in [1.54, 1.807) is 20.8 Å². The number of para-hydroxylation sites is 1. The largest absolute Gasteiger partial charge is 0.461 e. The van der Waals surface area contributed by atoms with Crippen molar-refractivity contribution in [1.29, 1.82) is 0 Å². The monoisotopic (exact) mass is 454 g/mol. The second kappa shape index (κ2) is 9.38. The summed E-state index contributed by atoms with van der Waals surface area (Å²) in [6.45, 7) is 10.7. The molecular weight excluding hydrogens is 423 g/mol. The lowest BCUT2D eigenvalue weighted by Gasteiger charge is -2.18. The molecule has 0 saturated heterocycles. The maximum absolute atomic E-state index is 14.3. The molecule has 176 valence electrons. The number of rotatable bonds is 7. The maximum atomic E-state index is 14.3. The molecule has 1 saturated carbocycles. The molecule has 2 atom stereocenters. The number of carbonyl (C=O) groups excluding carboxylic acids is 2. The summed E-state index contributed by atoms with van der Waals surface area (Å²) in [6.07, 6.45) is 1.18. The van der Waals surface area contributed by atoms with Crippen LogP contribution in [0.1, 0.15) is 45.7 Å². The number of halogens is 1. The van der Waals surface area contributed by atoms with Crippen LogP contribution in [0.25, 0.3) is 0 Å². The predicted molar refractivity (Wildman–Crippen MR) is 123 cm³/mol. The second-order valence-electron chi connectivity index (χ2n) is 9.90. The molecule has 0 heterocycles. The molecule has 5 nitrogen and oxygen atoms in total. The normalized spacial score (nSPS) is 19.5. The Morgan fingerprint density at radius 1 is 1.06 bits per heavy atom. The highest BCUT2D eigenvalue weighted by atomic mass is 19.1. The van der Waals surface area contributed by atoms with E-state index in [0.29, 0.717) is 5.75 Å². The summed E-state index contributed by atoms with van der Waals surface area (Å²) in [5.41, 5.74) is 0.388. The summed E-state index contributed by atoms with van der Waals surface area (Å²) >= 11 is 0. The van der Waals surface area contributed by atoms with Crippen molar-refractivity contribution in [3.8, 4) is 11.5 Å². The number of benzene rings is 2. The molecule has 0 aromatic heterocycles. The molecule has 0 spiro atoms. The van der Waals surface area contributed by atoms with Crippen molar-refractivity contribution < 1.29 is 28.2 Å². The minimum Gasteiger partial charge on any atom is -0.461 e. The van der Waals surface area contributed by atoms with E-state index >= 15 is 0 Å². The summed E-state index contributed by atoms with van der Waals surface area (Å²) < 4.78 is 30.9. The molecule has 0 unspecified atom stereocenters. The Morgan fingerprint density at radius 3 is 2.36 bits per heavy atom. The van der Waals surface area contributed by atoms with E-state index in [4.69, 9.17) is 14.2 Å². The van der Waals surface area contributed by atoms with Crippen LogP contribution in [0.4, 0.5) is 4.39 Å². The van der Waals surface area contributed by atoms with Gasteiger partial charge in [-0.1, -0.05) is 44.2 Å². The molecule has 0 radical (unpaired) electrons. The van der Waals surface area contributed by atoms with Crippen LogP contribution >= 0.6 is 0 Å². The molecule has 33 heavy (non-hydrogen) atoms. The molecule has 1 fully saturated rings. The highest BCUT2D eigenvalue weighted by molar-refractivity contribution is 5.87. The molecule has 6 heteroatoms. The van der Waals surface area contributed by atoms with E-state index in [-0.39, 0.29) is 6.61 Å². The van der Waals surface area contributed by atoms with Gasteiger partial charge in [-0.05, 0) is 74.4 Å². The number of allylic oxidation sites excluding steroid dienone is 1. The van der Waals surface area contributed by atoms with E-state index in [9.17, 15) is 14.0 Å². The molecule has 3 rings (SSSR count). The van der Waals surface area contributed by atoms with Crippen molar-refractivity contribution in [2.75, 3.05) is 0 Å². The summed E-state index contributed by atoms with van der Waals surface area (Å²) in [7, 11) is 0. The van der Waals surface area contributed by atoms with Crippen LogP contribution in [0.3, 0.4) is 0 Å². The number of esters is 2. The van der Waals surface area contributed by atoms with Gasteiger partial charge in [0.2, 0.25) is 5.83 Å². The Kier molecular flexibility index (Phi) is 6.96. The third-order valence-corrected chi connectivity index (χ3v) is 5.82. The van der Waals surface area contributed by atoms with Gasteiger partial charge in [0, 0.05) is 0 Å². The fraction of sp³-hybridized carbons (Fsp3) is 0.407. The van der Waals surface area contributed by atoms with Crippen LogP contribution in [-0.2, 0) is 25.7 Å². The lowest BCUT2D eigenvalue weighted by atomic mass is 10.1. The molecule has 0 bridgehead atoms. The molecule has 2 aromatic carbocycles. The first kappa shape index (κ1) is 24.5. The zero-order valence-corrected chi connectivity index (χ0v) is 20.0. The first-order valence-corrected chi connectivity index (χ1v) is 11.0. The standard InChI is InChI=1S/C27H31FO5/c1-17-18(11-10-14-22(17)32-19-12-8-7-9-13-19)16-31-25(30)23-20(27(23,5)6)15-21(28)24(29)33-26(2,3)4/h7-15,20,23H,16H2,1-6H3/t20-,23-/m0/s1. The van der Waals surface area contributed by atoms with Gasteiger partial charge in [-0.3, -0.25) is 4.79 Å². The van der Waals surface area contributed by atoms with Crippen molar-refractivity contribution in [3.63, 3.8) is 0 Å². The third kappa shape index (κ3) is 6.01. The molecular formula is C27H31FO5. The van der Waals surface area contributed by atoms with Gasteiger partial charge in [0.15, 0.2) is 0 Å². The van der Waals surface area contributed by atoms with Crippen LogP contribution in [-0.4, -0.2) is 17.5 Å². The van der Waals surface area contributed by atoms with Crippen LogP contribution in [0.5, 0.6) is 11.5 Å². The quantitative estimate of drug-likeness (QED) is 0.363. The fourth-order valence-corrected chi connectivity index (χ4v) is 3.77. The summed E-state index contributed by atoms with van der Waals surface area (Å²) in [4.78, 5) is 24.7. The minimum absolute atomic E-state index is 0.0776. The van der Waals surface area contributed by atoms with Crippen LogP contribution < -0.4 is 4.74 Å². The molecule has 0 N–H and O–H groups in total. The molecule has 0 amide bonds. The minimum atomic E-state index is -1.02. The Morgan fingerprint density at radius 2 is 1.73 bits per heavy atom. The number of ether oxygens (including phenoxy) is 3. The van der Waals surface area contributed by atoms with Crippen LogP contribution in [0.15, 0.2) is 60.4 Å². The van der Waals surface area contributed by atoms with Crippen molar-refractivity contribution in [2.24, 2.45) is 17.3 Å². The van der Waals surface area contributed by atoms with Crippen molar-refractivity contribution in [1.82, 2.24) is 0 Å². The smallest absolute Gasteiger partial charge is 0.367 e. The summed E-state index contributed by atoms with van der Waals surface area (Å²) in [6, 6.07) is 15.0. The van der Waals surface area contributed by atoms with Crippen LogP contribution in [0, 0.1) is 24.2 Å². The number of hydrogen-bond acceptors (Lipinski definition) is 5. The zero-order chi connectivity index (χ0) is 24.4. The zero-order valence-electron chi connectivity index (χ0n) is 20.0. The molecule has 1 aliphatic rings. The first-order chi connectivity index (χ1) is 15.4. The van der Waals surface area contributed by atoms with Gasteiger partial charge in [-0.2, -0.15) is 4.39 Å². The Balaban J connectivity index is 1.63. The third-order valence-electron chi connectivity index (χ3n) is 5.82. The number of carbonyl (C=O) groups is 2. The maximum Gasteiger partial charge on any atom is 0.367 e. The van der Waals surface area contributed by atoms with E-state index in [1.165, 1.54) is 6.08 Å². The lowest BCUT2D eigenvalue weighted by Crippen LogP contribution is -2.24. The van der Waals surface area contributed by atoms with Gasteiger partial charge in [0.1, 0.15) is 23.7 Å². The second-order valence-corrected chi connectivity index (χ2v) is 9.90. The van der Waals surface area contributed by atoms with Gasteiger partial charge in [-0.25, -0.2) is 4.79 Å². The Labute approximate surface area is 194 Å². The van der Waals surface area contributed by atoms with Gasteiger partial charge in [-0.15, -0.1) is 0 Å². The van der Waals surface area contributed by atoms with Gasteiger partial charge >= 0.3 is 11.9 Å². The predicted octanol–water partition coefficient (Wildman–Crippen LogP) is 6.30. The molecule has 2 aromatic rings. The fourth-order valence-electron chi connectivity index (χ4n) is 3.77. The molecule has 1 aliphatic carbocycles. The van der Waals surface area contributed by atoms with E-state index in [2.05, 4.69) is 0 Å². The highest BCUT2D eigenvalue weighted by Gasteiger charge is 2.62. The Hall–Kier alpha value is -3.15. The van der Waals surface area contributed by atoms with Crippen molar-refractivity contribution >= 4 is 11.9 Å². The SMILES string of the molecule is Cc1c(COC(=O)[C@@H]2[C@H](C=C(F)C(=O)OC(C)(C)C)C2(C)C)cccc1Oc1ccccc1. The summed E-state index contributed by atoms with van der Waals surface area (Å²) in [5, 5.41) is 0.